The molecule has 0 spiro atoms. The molecule has 2 heterocycles. The molecule has 0 unspecified atom stereocenters. The third-order valence-electron chi connectivity index (χ3n) is 5.53. The average Bonchev–Trinajstić information content (AvgIpc) is 3.22. The number of nitrogens with zero attached hydrogens (tertiary/aromatic N) is 2. The maximum absolute atomic E-state index is 13.3. The van der Waals surface area contributed by atoms with Crippen LogP contribution in [-0.2, 0) is 11.2 Å². The van der Waals surface area contributed by atoms with E-state index in [4.69, 9.17) is 4.74 Å². The van der Waals surface area contributed by atoms with Crippen LogP contribution in [0.5, 0.6) is 5.75 Å². The molecule has 0 bridgehead atoms. The maximum Gasteiger partial charge on any atom is 0.237 e. The van der Waals surface area contributed by atoms with Gasteiger partial charge in [0.25, 0.3) is 0 Å². The van der Waals surface area contributed by atoms with E-state index >= 15 is 0 Å². The number of thiophene rings is 1. The zero-order valence-electron chi connectivity index (χ0n) is 17.9. The quantitative estimate of drug-likeness (QED) is 0.585. The number of carbonyl (C=O) groups excluding carboxylic acids is 1. The van der Waals surface area contributed by atoms with Crippen LogP contribution in [0.2, 0.25) is 0 Å². The lowest BCUT2D eigenvalue weighted by molar-refractivity contribution is -0.136. The first-order chi connectivity index (χ1) is 14.5. The third kappa shape index (κ3) is 5.72. The summed E-state index contributed by atoms with van der Waals surface area (Å²) in [7, 11) is 0. The Kier molecular flexibility index (Phi) is 8.08. The van der Waals surface area contributed by atoms with Gasteiger partial charge in [0.15, 0.2) is 0 Å². The topological polar surface area (TPSA) is 53.0 Å². The first kappa shape index (κ1) is 22.5. The Morgan fingerprint density at radius 1 is 1.40 bits per heavy atom. The molecule has 1 aromatic carbocycles. The molecule has 0 aliphatic carbocycles. The van der Waals surface area contributed by atoms with Gasteiger partial charge in [-0.3, -0.25) is 9.69 Å². The van der Waals surface area contributed by atoms with E-state index < -0.39 is 6.10 Å². The van der Waals surface area contributed by atoms with E-state index in [1.807, 2.05) is 47.9 Å². The number of aliphatic hydroxyl groups excluding tert-OH is 1. The van der Waals surface area contributed by atoms with Crippen molar-refractivity contribution >= 4 is 17.2 Å². The molecule has 30 heavy (non-hydrogen) atoms. The van der Waals surface area contributed by atoms with E-state index in [1.54, 1.807) is 17.4 Å². The van der Waals surface area contributed by atoms with Gasteiger partial charge in [-0.15, -0.1) is 17.9 Å². The lowest BCUT2D eigenvalue weighted by atomic mass is 10.0. The molecule has 0 saturated carbocycles. The summed E-state index contributed by atoms with van der Waals surface area (Å²) in [5.41, 5.74) is 2.38. The van der Waals surface area contributed by atoms with Crippen molar-refractivity contribution in [3.8, 4) is 5.75 Å². The molecule has 1 aliphatic rings. The summed E-state index contributed by atoms with van der Waals surface area (Å²) < 4.78 is 6.08. The highest BCUT2D eigenvalue weighted by Crippen LogP contribution is 2.34. The van der Waals surface area contributed by atoms with Crippen LogP contribution in [0.3, 0.4) is 0 Å². The second kappa shape index (κ2) is 10.8. The summed E-state index contributed by atoms with van der Waals surface area (Å²) in [6.07, 6.45) is 2.87. The summed E-state index contributed by atoms with van der Waals surface area (Å²) in [6, 6.07) is 10.0. The van der Waals surface area contributed by atoms with Crippen LogP contribution >= 0.6 is 11.3 Å². The Balaban J connectivity index is 1.72. The van der Waals surface area contributed by atoms with E-state index in [9.17, 15) is 9.90 Å². The fraction of sp³-hybridized carbons (Fsp3) is 0.458. The van der Waals surface area contributed by atoms with Gasteiger partial charge in [-0.2, -0.15) is 0 Å². The predicted molar refractivity (Wildman–Crippen MR) is 122 cm³/mol. The lowest BCUT2D eigenvalue weighted by Gasteiger charge is -2.37. The summed E-state index contributed by atoms with van der Waals surface area (Å²) in [6.45, 7) is 10.2. The number of aryl methyl sites for hydroxylation is 1. The van der Waals surface area contributed by atoms with Gasteiger partial charge in [0, 0.05) is 24.5 Å². The van der Waals surface area contributed by atoms with Gasteiger partial charge in [-0.1, -0.05) is 30.7 Å². The normalized spacial score (nSPS) is 16.9. The number of fused-ring (bicyclic) bond motifs is 1. The van der Waals surface area contributed by atoms with E-state index in [-0.39, 0.29) is 18.5 Å². The molecule has 1 amide bonds. The van der Waals surface area contributed by atoms with Crippen molar-refractivity contribution in [2.24, 2.45) is 0 Å². The lowest BCUT2D eigenvalue weighted by Crippen LogP contribution is -2.47. The van der Waals surface area contributed by atoms with Crippen molar-refractivity contribution in [2.45, 2.75) is 38.8 Å². The highest BCUT2D eigenvalue weighted by molar-refractivity contribution is 7.10. The first-order valence-corrected chi connectivity index (χ1v) is 11.5. The molecule has 0 saturated heterocycles. The molecule has 2 atom stereocenters. The van der Waals surface area contributed by atoms with Crippen molar-refractivity contribution in [1.29, 1.82) is 0 Å². The van der Waals surface area contributed by atoms with Crippen molar-refractivity contribution < 1.29 is 14.6 Å². The monoisotopic (exact) mass is 428 g/mol. The Bertz CT molecular complexity index is 833. The number of benzene rings is 1. The van der Waals surface area contributed by atoms with Gasteiger partial charge < -0.3 is 14.7 Å². The predicted octanol–water partition coefficient (Wildman–Crippen LogP) is 3.82. The molecule has 0 radical (unpaired) electrons. The zero-order chi connectivity index (χ0) is 21.5. The number of ether oxygens (including phenoxy) is 1. The molecular formula is C24H32N2O3S. The molecule has 6 heteroatoms. The molecule has 162 valence electrons. The fourth-order valence-electron chi connectivity index (χ4n) is 3.78. The molecule has 5 nitrogen and oxygen atoms in total. The Labute approximate surface area is 183 Å². The van der Waals surface area contributed by atoms with Gasteiger partial charge in [-0.25, -0.2) is 0 Å². The number of rotatable bonds is 10. The van der Waals surface area contributed by atoms with Crippen LogP contribution < -0.4 is 4.74 Å². The summed E-state index contributed by atoms with van der Waals surface area (Å²) in [5, 5.41) is 12.1. The maximum atomic E-state index is 13.3. The van der Waals surface area contributed by atoms with Crippen LogP contribution in [0, 0.1) is 6.92 Å². The minimum absolute atomic E-state index is 0.0644. The summed E-state index contributed by atoms with van der Waals surface area (Å²) >= 11 is 1.75. The van der Waals surface area contributed by atoms with Crippen molar-refractivity contribution in [1.82, 2.24) is 9.80 Å². The van der Waals surface area contributed by atoms with E-state index in [1.165, 1.54) is 16.0 Å². The second-order valence-corrected chi connectivity index (χ2v) is 8.82. The minimum atomic E-state index is -0.441. The van der Waals surface area contributed by atoms with Crippen LogP contribution in [0.1, 0.15) is 35.4 Å². The Morgan fingerprint density at radius 3 is 2.87 bits per heavy atom. The van der Waals surface area contributed by atoms with Crippen LogP contribution in [-0.4, -0.2) is 59.7 Å². The zero-order valence-corrected chi connectivity index (χ0v) is 18.7. The van der Waals surface area contributed by atoms with Crippen LogP contribution in [0.4, 0.5) is 0 Å². The van der Waals surface area contributed by atoms with Crippen LogP contribution in [0.25, 0.3) is 0 Å². The van der Waals surface area contributed by atoms with E-state index in [0.29, 0.717) is 32.7 Å². The first-order valence-electron chi connectivity index (χ1n) is 10.6. The van der Waals surface area contributed by atoms with Gasteiger partial charge in [0.1, 0.15) is 12.4 Å². The van der Waals surface area contributed by atoms with Crippen molar-refractivity contribution in [2.75, 3.05) is 32.8 Å². The molecular weight excluding hydrogens is 396 g/mol. The molecule has 1 aliphatic heterocycles. The average molecular weight is 429 g/mol. The standard InChI is InChI=1S/C24H32N2O3S/c1-4-12-25(15-19(27)5-2)16-24(28)26-13-10-23-21(11-14-30-23)22(26)17-29-20-8-6-18(3)7-9-20/h4,6-9,11,14,19,22,27H,1,5,10,12-13,15-17H2,2-3H3/t19-,22-/m0/s1. The molecule has 1 N–H and O–H groups in total. The molecule has 0 fully saturated rings. The van der Waals surface area contributed by atoms with Gasteiger partial charge in [0.05, 0.1) is 18.7 Å². The minimum Gasteiger partial charge on any atom is -0.491 e. The number of amides is 1. The largest absolute Gasteiger partial charge is 0.491 e. The molecule has 1 aromatic heterocycles. The Morgan fingerprint density at radius 2 is 2.17 bits per heavy atom. The fourth-order valence-corrected chi connectivity index (χ4v) is 4.71. The summed E-state index contributed by atoms with van der Waals surface area (Å²) in [4.78, 5) is 18.5. The van der Waals surface area contributed by atoms with E-state index in [0.717, 1.165) is 12.2 Å². The highest BCUT2D eigenvalue weighted by Gasteiger charge is 2.32. The smallest absolute Gasteiger partial charge is 0.237 e. The van der Waals surface area contributed by atoms with Crippen molar-refractivity contribution in [3.63, 3.8) is 0 Å². The summed E-state index contributed by atoms with van der Waals surface area (Å²) in [5.74, 6) is 0.879. The van der Waals surface area contributed by atoms with Crippen LogP contribution in [0.15, 0.2) is 48.4 Å². The van der Waals surface area contributed by atoms with E-state index in [2.05, 4.69) is 18.0 Å². The van der Waals surface area contributed by atoms with Gasteiger partial charge >= 0.3 is 0 Å². The number of hydrogen-bond donors (Lipinski definition) is 1. The molecule has 2 aromatic rings. The second-order valence-electron chi connectivity index (χ2n) is 7.82. The number of carbonyl (C=O) groups is 1. The molecule has 3 rings (SSSR count). The SMILES string of the molecule is C=CCN(CC(=O)N1CCc2sccc2[C@@H]1COc1ccc(C)cc1)C[C@@H](O)CC. The number of hydrogen-bond acceptors (Lipinski definition) is 5. The third-order valence-corrected chi connectivity index (χ3v) is 6.53. The van der Waals surface area contributed by atoms with Gasteiger partial charge in [0.2, 0.25) is 5.91 Å². The number of aliphatic hydroxyl groups is 1. The highest BCUT2D eigenvalue weighted by atomic mass is 32.1. The van der Waals surface area contributed by atoms with Gasteiger partial charge in [-0.05, 0) is 48.9 Å². The Hall–Kier alpha value is -2.15. The van der Waals surface area contributed by atoms with Crippen molar-refractivity contribution in [3.05, 3.63) is 64.4 Å².